The van der Waals surface area contributed by atoms with Crippen LogP contribution in [0, 0.1) is 12.8 Å². The zero-order chi connectivity index (χ0) is 15.2. The van der Waals surface area contributed by atoms with Crippen LogP contribution in [0.5, 0.6) is 0 Å². The smallest absolute Gasteiger partial charge is 0.220 e. The average molecular weight is 297 g/mol. The van der Waals surface area contributed by atoms with Gasteiger partial charge < -0.3 is 10.4 Å². The molecule has 1 heterocycles. The van der Waals surface area contributed by atoms with Crippen LogP contribution in [0.1, 0.15) is 49.8 Å². The van der Waals surface area contributed by atoms with E-state index in [4.69, 9.17) is 0 Å². The summed E-state index contributed by atoms with van der Waals surface area (Å²) in [5.74, 6) is 0.207. The standard InChI is InChI=1S/C16H27NO2S/c1-5-12(2)16(4,19)11-17-15(18)8-6-7-14-10-9-13(3)20-14/h9-10,12,19H,5-8,11H2,1-4H3,(H,17,18). The molecule has 0 radical (unpaired) electrons. The highest BCUT2D eigenvalue weighted by Crippen LogP contribution is 2.19. The fourth-order valence-corrected chi connectivity index (χ4v) is 2.95. The van der Waals surface area contributed by atoms with E-state index in [0.717, 1.165) is 19.3 Å². The molecule has 0 aromatic carbocycles. The number of aliphatic hydroxyl groups is 1. The highest BCUT2D eigenvalue weighted by Gasteiger charge is 2.27. The molecule has 4 heteroatoms. The molecule has 1 amide bonds. The second-order valence-corrected chi connectivity index (χ2v) is 7.18. The summed E-state index contributed by atoms with van der Waals surface area (Å²) in [6.07, 6.45) is 3.24. The van der Waals surface area contributed by atoms with Gasteiger partial charge >= 0.3 is 0 Å². The van der Waals surface area contributed by atoms with Crippen LogP contribution in [0.2, 0.25) is 0 Å². The van der Waals surface area contributed by atoms with E-state index >= 15 is 0 Å². The molecule has 0 saturated carbocycles. The molecule has 2 N–H and O–H groups in total. The molecule has 0 aliphatic rings. The van der Waals surface area contributed by atoms with Crippen molar-refractivity contribution in [1.82, 2.24) is 5.32 Å². The maximum Gasteiger partial charge on any atom is 0.220 e. The molecule has 2 atom stereocenters. The second-order valence-electron chi connectivity index (χ2n) is 5.81. The molecule has 2 unspecified atom stereocenters. The third-order valence-electron chi connectivity index (χ3n) is 3.94. The van der Waals surface area contributed by atoms with Crippen LogP contribution in [0.4, 0.5) is 0 Å². The molecule has 1 rings (SSSR count). The summed E-state index contributed by atoms with van der Waals surface area (Å²) in [5, 5.41) is 13.1. The van der Waals surface area contributed by atoms with Crippen molar-refractivity contribution in [1.29, 1.82) is 0 Å². The summed E-state index contributed by atoms with van der Waals surface area (Å²) in [4.78, 5) is 14.4. The first-order chi connectivity index (χ1) is 9.35. The number of rotatable bonds is 8. The number of aryl methyl sites for hydroxylation is 2. The van der Waals surface area contributed by atoms with Gasteiger partial charge in [0.05, 0.1) is 5.60 Å². The minimum atomic E-state index is -0.824. The number of thiophene rings is 1. The molecule has 3 nitrogen and oxygen atoms in total. The van der Waals surface area contributed by atoms with Gasteiger partial charge in [0.15, 0.2) is 0 Å². The summed E-state index contributed by atoms with van der Waals surface area (Å²) < 4.78 is 0. The van der Waals surface area contributed by atoms with E-state index in [1.807, 2.05) is 13.8 Å². The molecule has 1 aromatic rings. The topological polar surface area (TPSA) is 49.3 Å². The molecule has 0 spiro atoms. The van der Waals surface area contributed by atoms with E-state index in [1.165, 1.54) is 9.75 Å². The summed E-state index contributed by atoms with van der Waals surface area (Å²) >= 11 is 1.79. The van der Waals surface area contributed by atoms with Crippen LogP contribution in [-0.4, -0.2) is 23.2 Å². The normalized spacial score (nSPS) is 15.7. The Morgan fingerprint density at radius 3 is 2.75 bits per heavy atom. The molecule has 114 valence electrons. The van der Waals surface area contributed by atoms with Crippen LogP contribution >= 0.6 is 11.3 Å². The fraction of sp³-hybridized carbons (Fsp3) is 0.688. The second kappa shape index (κ2) is 7.79. The van der Waals surface area contributed by atoms with Crippen molar-refractivity contribution >= 4 is 17.2 Å². The van der Waals surface area contributed by atoms with Crippen molar-refractivity contribution in [2.24, 2.45) is 5.92 Å². The van der Waals surface area contributed by atoms with Gasteiger partial charge in [-0.05, 0) is 44.7 Å². The van der Waals surface area contributed by atoms with Gasteiger partial charge in [0, 0.05) is 22.7 Å². The molecular weight excluding hydrogens is 270 g/mol. The Labute approximate surface area is 126 Å². The SMILES string of the molecule is CCC(C)C(C)(O)CNC(=O)CCCc1ccc(C)s1. The third-order valence-corrected chi connectivity index (χ3v) is 5.00. The number of nitrogens with one attached hydrogen (secondary N) is 1. The van der Waals surface area contributed by atoms with E-state index in [9.17, 15) is 9.90 Å². The Morgan fingerprint density at radius 1 is 1.50 bits per heavy atom. The number of hydrogen-bond donors (Lipinski definition) is 2. The molecule has 1 aromatic heterocycles. The van der Waals surface area contributed by atoms with Crippen molar-refractivity contribution < 1.29 is 9.90 Å². The molecule has 0 saturated heterocycles. The molecule has 0 fully saturated rings. The van der Waals surface area contributed by atoms with Crippen molar-refractivity contribution in [2.45, 2.75) is 59.0 Å². The van der Waals surface area contributed by atoms with Crippen molar-refractivity contribution in [3.63, 3.8) is 0 Å². The number of amides is 1. The van der Waals surface area contributed by atoms with Gasteiger partial charge in [0.25, 0.3) is 0 Å². The summed E-state index contributed by atoms with van der Waals surface area (Å²) in [7, 11) is 0. The lowest BCUT2D eigenvalue weighted by atomic mass is 9.88. The Hall–Kier alpha value is -0.870. The van der Waals surface area contributed by atoms with Gasteiger partial charge in [0.2, 0.25) is 5.91 Å². The zero-order valence-electron chi connectivity index (χ0n) is 13.0. The number of hydrogen-bond acceptors (Lipinski definition) is 3. The van der Waals surface area contributed by atoms with E-state index in [0.29, 0.717) is 13.0 Å². The lowest BCUT2D eigenvalue weighted by molar-refractivity contribution is -0.122. The van der Waals surface area contributed by atoms with Gasteiger partial charge in [-0.1, -0.05) is 20.3 Å². The van der Waals surface area contributed by atoms with Crippen molar-refractivity contribution in [3.8, 4) is 0 Å². The van der Waals surface area contributed by atoms with Crippen LogP contribution in [0.25, 0.3) is 0 Å². The minimum Gasteiger partial charge on any atom is -0.388 e. The van der Waals surface area contributed by atoms with Gasteiger partial charge in [-0.15, -0.1) is 11.3 Å². The largest absolute Gasteiger partial charge is 0.388 e. The minimum absolute atomic E-state index is 0.0295. The Balaban J connectivity index is 2.23. The Kier molecular flexibility index (Phi) is 6.69. The van der Waals surface area contributed by atoms with Crippen LogP contribution in [-0.2, 0) is 11.2 Å². The predicted molar refractivity (Wildman–Crippen MR) is 85.1 cm³/mol. The first-order valence-electron chi connectivity index (χ1n) is 7.39. The molecule has 0 bridgehead atoms. The monoisotopic (exact) mass is 297 g/mol. The maximum absolute atomic E-state index is 11.8. The van der Waals surface area contributed by atoms with Crippen LogP contribution < -0.4 is 5.32 Å². The summed E-state index contributed by atoms with van der Waals surface area (Å²) in [5.41, 5.74) is -0.824. The van der Waals surface area contributed by atoms with Gasteiger partial charge in [-0.3, -0.25) is 4.79 Å². The van der Waals surface area contributed by atoms with E-state index in [-0.39, 0.29) is 11.8 Å². The molecule has 20 heavy (non-hydrogen) atoms. The van der Waals surface area contributed by atoms with Gasteiger partial charge in [-0.2, -0.15) is 0 Å². The highest BCUT2D eigenvalue weighted by atomic mass is 32.1. The summed E-state index contributed by atoms with van der Waals surface area (Å²) in [6.45, 7) is 8.27. The fourth-order valence-electron chi connectivity index (χ4n) is 2.02. The lowest BCUT2D eigenvalue weighted by Gasteiger charge is -2.29. The first-order valence-corrected chi connectivity index (χ1v) is 8.21. The van der Waals surface area contributed by atoms with Gasteiger partial charge in [0.1, 0.15) is 0 Å². The van der Waals surface area contributed by atoms with E-state index in [2.05, 4.69) is 24.4 Å². The summed E-state index contributed by atoms with van der Waals surface area (Å²) in [6, 6.07) is 4.25. The molecular formula is C16H27NO2S. The lowest BCUT2D eigenvalue weighted by Crippen LogP contribution is -2.45. The van der Waals surface area contributed by atoms with Crippen LogP contribution in [0.15, 0.2) is 12.1 Å². The van der Waals surface area contributed by atoms with Crippen molar-refractivity contribution in [3.05, 3.63) is 21.9 Å². The van der Waals surface area contributed by atoms with E-state index in [1.54, 1.807) is 18.3 Å². The molecule has 0 aliphatic heterocycles. The molecule has 0 aliphatic carbocycles. The van der Waals surface area contributed by atoms with E-state index < -0.39 is 5.60 Å². The third kappa shape index (κ3) is 5.63. The Bertz CT molecular complexity index is 426. The average Bonchev–Trinajstić information content (AvgIpc) is 2.81. The van der Waals surface area contributed by atoms with Crippen LogP contribution in [0.3, 0.4) is 0 Å². The predicted octanol–water partition coefficient (Wildman–Crippen LogP) is 3.29. The number of carbonyl (C=O) groups excluding carboxylic acids is 1. The Morgan fingerprint density at radius 2 is 2.20 bits per heavy atom. The quantitative estimate of drug-likeness (QED) is 0.773. The maximum atomic E-state index is 11.8. The zero-order valence-corrected chi connectivity index (χ0v) is 13.8. The first kappa shape index (κ1) is 17.2. The van der Waals surface area contributed by atoms with Gasteiger partial charge in [-0.25, -0.2) is 0 Å². The highest BCUT2D eigenvalue weighted by molar-refractivity contribution is 7.11. The number of carbonyl (C=O) groups is 1. The van der Waals surface area contributed by atoms with Crippen molar-refractivity contribution in [2.75, 3.05) is 6.54 Å².